The van der Waals surface area contributed by atoms with Crippen LogP contribution < -0.4 is 5.73 Å². The molecule has 0 aromatic rings. The van der Waals surface area contributed by atoms with Crippen LogP contribution in [0, 0.1) is 0 Å². The first kappa shape index (κ1) is 14.9. The molecule has 1 aliphatic heterocycles. The Kier molecular flexibility index (Phi) is 5.90. The van der Waals surface area contributed by atoms with Gasteiger partial charge < -0.3 is 10.8 Å². The molecule has 3 atom stereocenters. The van der Waals surface area contributed by atoms with E-state index in [4.69, 9.17) is 10.8 Å². The Balaban J connectivity index is 2.21. The van der Waals surface area contributed by atoms with Gasteiger partial charge in [-0.15, -0.1) is 0 Å². The van der Waals surface area contributed by atoms with Crippen LogP contribution in [0.15, 0.2) is 0 Å². The Bertz CT molecular complexity index is 218. The molecular formula is C14H30N2O. The lowest BCUT2D eigenvalue weighted by Gasteiger charge is -2.28. The van der Waals surface area contributed by atoms with E-state index in [1.807, 2.05) is 6.92 Å². The van der Waals surface area contributed by atoms with Gasteiger partial charge in [-0.3, -0.25) is 4.90 Å². The van der Waals surface area contributed by atoms with Crippen LogP contribution in [0.1, 0.15) is 59.3 Å². The van der Waals surface area contributed by atoms with Gasteiger partial charge in [0.2, 0.25) is 0 Å². The first-order chi connectivity index (χ1) is 8.00. The smallest absolute Gasteiger partial charge is 0.0608 e. The zero-order chi connectivity index (χ0) is 12.9. The van der Waals surface area contributed by atoms with Crippen LogP contribution in [0.3, 0.4) is 0 Å². The molecule has 3 heteroatoms. The minimum Gasteiger partial charge on any atom is -0.394 e. The van der Waals surface area contributed by atoms with Gasteiger partial charge in [-0.1, -0.05) is 13.3 Å². The summed E-state index contributed by atoms with van der Waals surface area (Å²) >= 11 is 0. The lowest BCUT2D eigenvalue weighted by Crippen LogP contribution is -2.40. The second kappa shape index (κ2) is 6.72. The van der Waals surface area contributed by atoms with Gasteiger partial charge in [0.05, 0.1) is 6.61 Å². The first-order valence-corrected chi connectivity index (χ1v) is 7.15. The number of unbranched alkanes of at least 4 members (excludes halogenated alkanes) is 1. The number of hydrogen-bond donors (Lipinski definition) is 2. The van der Waals surface area contributed by atoms with Gasteiger partial charge in [-0.2, -0.15) is 0 Å². The van der Waals surface area contributed by atoms with E-state index < -0.39 is 0 Å². The summed E-state index contributed by atoms with van der Waals surface area (Å²) in [5.41, 5.74) is 5.54. The van der Waals surface area contributed by atoms with Crippen molar-refractivity contribution in [3.8, 4) is 0 Å². The maximum atomic E-state index is 9.09. The number of nitrogens with zero attached hydrogens (tertiary/aromatic N) is 1. The maximum Gasteiger partial charge on any atom is 0.0608 e. The molecule has 1 rings (SSSR count). The Morgan fingerprint density at radius 2 is 2.06 bits per heavy atom. The predicted octanol–water partition coefficient (Wildman–Crippen LogP) is 2.13. The zero-order valence-electron chi connectivity index (χ0n) is 11.8. The molecule has 0 bridgehead atoms. The molecule has 0 aromatic heterocycles. The number of aliphatic hydroxyl groups is 1. The van der Waals surface area contributed by atoms with Gasteiger partial charge in [-0.05, 0) is 52.5 Å². The van der Waals surface area contributed by atoms with E-state index in [1.165, 1.54) is 32.2 Å². The second-order valence-electron chi connectivity index (χ2n) is 6.00. The monoisotopic (exact) mass is 242 g/mol. The minimum atomic E-state index is -0.388. The summed E-state index contributed by atoms with van der Waals surface area (Å²) in [6.07, 6.45) is 7.23. The Hall–Kier alpha value is -0.120. The van der Waals surface area contributed by atoms with E-state index in [0.717, 1.165) is 24.9 Å². The molecule has 0 saturated carbocycles. The number of aliphatic hydroxyl groups excluding tert-OH is 1. The molecule has 3 N–H and O–H groups in total. The van der Waals surface area contributed by atoms with E-state index in [1.54, 1.807) is 0 Å². The third kappa shape index (κ3) is 4.57. The molecule has 0 aliphatic carbocycles. The molecule has 3 nitrogen and oxygen atoms in total. The van der Waals surface area contributed by atoms with E-state index in [2.05, 4.69) is 18.7 Å². The van der Waals surface area contributed by atoms with Crippen molar-refractivity contribution >= 4 is 0 Å². The zero-order valence-corrected chi connectivity index (χ0v) is 11.8. The molecule has 1 fully saturated rings. The average molecular weight is 242 g/mol. The predicted molar refractivity (Wildman–Crippen MR) is 73.0 cm³/mol. The largest absolute Gasteiger partial charge is 0.394 e. The Morgan fingerprint density at radius 3 is 2.65 bits per heavy atom. The fourth-order valence-electron chi connectivity index (χ4n) is 2.87. The molecule has 0 aromatic carbocycles. The highest BCUT2D eigenvalue weighted by molar-refractivity contribution is 4.84. The van der Waals surface area contributed by atoms with Gasteiger partial charge in [-0.25, -0.2) is 0 Å². The van der Waals surface area contributed by atoms with Gasteiger partial charge >= 0.3 is 0 Å². The fourth-order valence-corrected chi connectivity index (χ4v) is 2.87. The summed E-state index contributed by atoms with van der Waals surface area (Å²) in [5.74, 6) is 0. The number of rotatable bonds is 7. The molecule has 0 radical (unpaired) electrons. The van der Waals surface area contributed by atoms with Crippen LogP contribution in [-0.4, -0.2) is 40.8 Å². The third-order valence-electron chi connectivity index (χ3n) is 4.20. The van der Waals surface area contributed by atoms with E-state index in [9.17, 15) is 0 Å². The van der Waals surface area contributed by atoms with Crippen LogP contribution in [0.2, 0.25) is 0 Å². The lowest BCUT2D eigenvalue weighted by atomic mass is 9.97. The molecule has 0 amide bonds. The highest BCUT2D eigenvalue weighted by Crippen LogP contribution is 2.26. The normalized spacial score (nSPS) is 29.5. The summed E-state index contributed by atoms with van der Waals surface area (Å²) in [7, 11) is 0. The van der Waals surface area contributed by atoms with Gasteiger partial charge in [0.1, 0.15) is 0 Å². The van der Waals surface area contributed by atoms with Crippen molar-refractivity contribution in [3.05, 3.63) is 0 Å². The fraction of sp³-hybridized carbons (Fsp3) is 1.00. The third-order valence-corrected chi connectivity index (χ3v) is 4.20. The van der Waals surface area contributed by atoms with Crippen molar-refractivity contribution < 1.29 is 5.11 Å². The van der Waals surface area contributed by atoms with E-state index in [-0.39, 0.29) is 12.1 Å². The molecular weight excluding hydrogens is 212 g/mol. The summed E-state index contributed by atoms with van der Waals surface area (Å²) in [4.78, 5) is 2.66. The van der Waals surface area contributed by atoms with Gasteiger partial charge in [0.25, 0.3) is 0 Å². The quantitative estimate of drug-likeness (QED) is 0.672. The SMILES string of the molecule is CCC1CCC(C)N1CCCCC(C)(N)CO. The average Bonchev–Trinajstić information content (AvgIpc) is 2.66. The standard InChI is InChI=1S/C14H30N2O/c1-4-13-8-7-12(2)16(13)10-6-5-9-14(3,15)11-17/h12-13,17H,4-11,15H2,1-3H3. The van der Waals surface area contributed by atoms with Crippen LogP contribution in [0.5, 0.6) is 0 Å². The van der Waals surface area contributed by atoms with Gasteiger partial charge in [0, 0.05) is 17.6 Å². The van der Waals surface area contributed by atoms with Crippen molar-refractivity contribution in [2.24, 2.45) is 5.73 Å². The Labute approximate surface area is 106 Å². The lowest BCUT2D eigenvalue weighted by molar-refractivity contribution is 0.179. The minimum absolute atomic E-state index is 0.0880. The Morgan fingerprint density at radius 1 is 1.35 bits per heavy atom. The van der Waals surface area contributed by atoms with Gasteiger partial charge in [0.15, 0.2) is 0 Å². The summed E-state index contributed by atoms with van der Waals surface area (Å²) < 4.78 is 0. The van der Waals surface area contributed by atoms with Crippen LogP contribution >= 0.6 is 0 Å². The topological polar surface area (TPSA) is 49.5 Å². The molecule has 1 aliphatic rings. The molecule has 102 valence electrons. The summed E-state index contributed by atoms with van der Waals surface area (Å²) in [5, 5.41) is 9.09. The van der Waals surface area contributed by atoms with Crippen molar-refractivity contribution in [2.75, 3.05) is 13.2 Å². The number of hydrogen-bond acceptors (Lipinski definition) is 3. The van der Waals surface area contributed by atoms with Crippen molar-refractivity contribution in [3.63, 3.8) is 0 Å². The molecule has 17 heavy (non-hydrogen) atoms. The molecule has 1 heterocycles. The van der Waals surface area contributed by atoms with Crippen LogP contribution in [-0.2, 0) is 0 Å². The van der Waals surface area contributed by atoms with E-state index >= 15 is 0 Å². The molecule has 3 unspecified atom stereocenters. The van der Waals surface area contributed by atoms with Crippen LogP contribution in [0.25, 0.3) is 0 Å². The second-order valence-corrected chi connectivity index (χ2v) is 6.00. The van der Waals surface area contributed by atoms with E-state index in [0.29, 0.717) is 0 Å². The number of likely N-dealkylation sites (tertiary alicyclic amines) is 1. The van der Waals surface area contributed by atoms with Crippen molar-refractivity contribution in [2.45, 2.75) is 76.9 Å². The molecule has 0 spiro atoms. The molecule has 1 saturated heterocycles. The highest BCUT2D eigenvalue weighted by atomic mass is 16.3. The van der Waals surface area contributed by atoms with Crippen LogP contribution in [0.4, 0.5) is 0 Å². The van der Waals surface area contributed by atoms with Crippen molar-refractivity contribution in [1.29, 1.82) is 0 Å². The van der Waals surface area contributed by atoms with Crippen molar-refractivity contribution in [1.82, 2.24) is 4.90 Å². The maximum absolute atomic E-state index is 9.09. The first-order valence-electron chi connectivity index (χ1n) is 7.15. The summed E-state index contributed by atoms with van der Waals surface area (Å²) in [6.45, 7) is 7.85. The number of nitrogens with two attached hydrogens (primary N) is 1. The highest BCUT2D eigenvalue weighted by Gasteiger charge is 2.28. The summed E-state index contributed by atoms with van der Waals surface area (Å²) in [6, 6.07) is 1.55.